The minimum atomic E-state index is -0.795. The van der Waals surface area contributed by atoms with E-state index in [4.69, 9.17) is 9.47 Å². The van der Waals surface area contributed by atoms with Gasteiger partial charge < -0.3 is 34.8 Å². The Morgan fingerprint density at radius 1 is 1.24 bits per heavy atom. The molecule has 0 amide bonds. The molecule has 0 radical (unpaired) electrons. The van der Waals surface area contributed by atoms with E-state index in [-0.39, 0.29) is 31.6 Å². The Labute approximate surface area is 174 Å². The number of ether oxygens (including phenoxy) is 2. The number of hydrogen-bond acceptors (Lipinski definition) is 8. The maximum Gasteiger partial charge on any atom is 0.373 e. The molecular formula is C20H35BN2O6. The van der Waals surface area contributed by atoms with Gasteiger partial charge in [-0.2, -0.15) is 0 Å². The molecule has 0 spiro atoms. The van der Waals surface area contributed by atoms with Crippen LogP contribution in [0.25, 0.3) is 0 Å². The summed E-state index contributed by atoms with van der Waals surface area (Å²) in [5.74, 6) is 0.302. The van der Waals surface area contributed by atoms with Crippen LogP contribution in [-0.4, -0.2) is 73.3 Å². The van der Waals surface area contributed by atoms with E-state index in [9.17, 15) is 20.0 Å². The molecule has 0 saturated heterocycles. The Balaban J connectivity index is 3.08. The smallest absolute Gasteiger partial charge is 0.373 e. The van der Waals surface area contributed by atoms with Gasteiger partial charge in [0.05, 0.1) is 26.7 Å². The van der Waals surface area contributed by atoms with Crippen LogP contribution in [-0.2, 0) is 16.0 Å². The van der Waals surface area contributed by atoms with Crippen molar-refractivity contribution in [3.8, 4) is 5.75 Å². The average molecular weight is 410 g/mol. The first-order valence-corrected chi connectivity index (χ1v) is 9.89. The summed E-state index contributed by atoms with van der Waals surface area (Å²) >= 11 is 0. The third-order valence-electron chi connectivity index (χ3n) is 4.15. The first-order valence-electron chi connectivity index (χ1n) is 9.89. The molecule has 164 valence electrons. The number of benzene rings is 1. The number of anilines is 1. The molecular weight excluding hydrogens is 375 g/mol. The van der Waals surface area contributed by atoms with Crippen LogP contribution in [0.4, 0.5) is 5.69 Å². The molecule has 0 unspecified atom stereocenters. The van der Waals surface area contributed by atoms with Crippen molar-refractivity contribution in [3.05, 3.63) is 23.8 Å². The molecule has 1 atom stereocenters. The first-order chi connectivity index (χ1) is 13.6. The summed E-state index contributed by atoms with van der Waals surface area (Å²) in [5.41, 5.74) is 1.09. The lowest BCUT2D eigenvalue weighted by molar-refractivity contribution is -0.155. The predicted octanol–water partition coefficient (Wildman–Crippen LogP) is 0.829. The monoisotopic (exact) mass is 410 g/mol. The van der Waals surface area contributed by atoms with Gasteiger partial charge in [0.1, 0.15) is 11.4 Å². The van der Waals surface area contributed by atoms with E-state index < -0.39 is 12.7 Å². The number of aliphatic hydroxyl groups is 2. The van der Waals surface area contributed by atoms with Crippen molar-refractivity contribution in [2.24, 2.45) is 0 Å². The summed E-state index contributed by atoms with van der Waals surface area (Å²) in [7, 11) is 0.778. The summed E-state index contributed by atoms with van der Waals surface area (Å²) in [6.45, 7) is 7.74. The lowest BCUT2D eigenvalue weighted by Crippen LogP contribution is -2.43. The number of nitrogens with zero attached hydrogens (tertiary/aromatic N) is 1. The van der Waals surface area contributed by atoms with Crippen LogP contribution in [0.15, 0.2) is 18.2 Å². The van der Waals surface area contributed by atoms with Gasteiger partial charge in [-0.05, 0) is 57.8 Å². The Bertz CT molecular complexity index is 630. The Hall–Kier alpha value is -1.81. The van der Waals surface area contributed by atoms with Crippen molar-refractivity contribution >= 4 is 18.7 Å². The summed E-state index contributed by atoms with van der Waals surface area (Å²) in [6, 6.07) is 5.23. The van der Waals surface area contributed by atoms with Crippen molar-refractivity contribution in [2.75, 3.05) is 38.3 Å². The summed E-state index contributed by atoms with van der Waals surface area (Å²) < 4.78 is 10.9. The van der Waals surface area contributed by atoms with Crippen LogP contribution in [0.2, 0.25) is 6.82 Å². The lowest BCUT2D eigenvalue weighted by atomic mass is 9.85. The van der Waals surface area contributed by atoms with Gasteiger partial charge in [-0.25, -0.2) is 0 Å². The highest BCUT2D eigenvalue weighted by molar-refractivity contribution is 6.45. The second kappa shape index (κ2) is 12.0. The van der Waals surface area contributed by atoms with Crippen molar-refractivity contribution in [3.63, 3.8) is 0 Å². The molecule has 0 aliphatic carbocycles. The molecule has 0 aromatic heterocycles. The van der Waals surface area contributed by atoms with Crippen molar-refractivity contribution in [1.29, 1.82) is 0 Å². The van der Waals surface area contributed by atoms with E-state index in [1.165, 1.54) is 0 Å². The number of esters is 1. The molecule has 0 heterocycles. The average Bonchev–Trinajstić information content (AvgIpc) is 2.59. The van der Waals surface area contributed by atoms with Crippen LogP contribution >= 0.6 is 0 Å². The number of hydrogen-bond donors (Lipinski definition) is 4. The summed E-state index contributed by atoms with van der Waals surface area (Å²) in [5, 5.41) is 31.4. The fraction of sp³-hybridized carbons (Fsp3) is 0.650. The third-order valence-corrected chi connectivity index (χ3v) is 4.15. The zero-order valence-electron chi connectivity index (χ0n) is 18.1. The Morgan fingerprint density at radius 2 is 1.86 bits per heavy atom. The fourth-order valence-electron chi connectivity index (χ4n) is 3.11. The van der Waals surface area contributed by atoms with E-state index in [0.717, 1.165) is 11.3 Å². The standard InChI is InChI=1S/C20H35BN2O6/c1-20(2,3)29-19(26)14-16(22-21(4)27)12-15-13-17(6-7-18(15)28-5)23(8-10-24)9-11-25/h6-7,13,16,22,24-25,27H,8-12,14H2,1-5H3/t16-/m0/s1. The van der Waals surface area contributed by atoms with Crippen LogP contribution < -0.4 is 14.9 Å². The molecule has 9 heteroatoms. The number of methoxy groups -OCH3 is 1. The number of aliphatic hydroxyl groups excluding tert-OH is 2. The minimum Gasteiger partial charge on any atom is -0.496 e. The zero-order valence-corrected chi connectivity index (χ0v) is 18.1. The maximum absolute atomic E-state index is 12.3. The molecule has 0 saturated carbocycles. The molecule has 0 fully saturated rings. The number of carbonyl (C=O) groups is 1. The van der Waals surface area contributed by atoms with Crippen molar-refractivity contribution < 1.29 is 29.5 Å². The number of carbonyl (C=O) groups excluding carboxylic acids is 1. The molecule has 4 N–H and O–H groups in total. The van der Waals surface area contributed by atoms with Gasteiger partial charge in [-0.1, -0.05) is 0 Å². The lowest BCUT2D eigenvalue weighted by Gasteiger charge is -2.26. The van der Waals surface area contributed by atoms with Gasteiger partial charge in [0.25, 0.3) is 0 Å². The quantitative estimate of drug-likeness (QED) is 0.296. The molecule has 0 aliphatic rings. The van der Waals surface area contributed by atoms with Crippen LogP contribution in [0, 0.1) is 0 Å². The van der Waals surface area contributed by atoms with Gasteiger partial charge in [0.15, 0.2) is 0 Å². The van der Waals surface area contributed by atoms with Gasteiger partial charge in [0.2, 0.25) is 0 Å². The normalized spacial score (nSPS) is 12.4. The van der Waals surface area contributed by atoms with Crippen molar-refractivity contribution in [2.45, 2.75) is 52.1 Å². The van der Waals surface area contributed by atoms with Gasteiger partial charge in [0, 0.05) is 24.8 Å². The van der Waals surface area contributed by atoms with E-state index in [1.54, 1.807) is 13.9 Å². The highest BCUT2D eigenvalue weighted by Gasteiger charge is 2.24. The second-order valence-electron chi connectivity index (χ2n) is 7.96. The first kappa shape index (κ1) is 25.2. The zero-order chi connectivity index (χ0) is 22.0. The number of rotatable bonds is 12. The van der Waals surface area contributed by atoms with E-state index in [0.29, 0.717) is 25.3 Å². The third kappa shape index (κ3) is 9.49. The second-order valence-corrected chi connectivity index (χ2v) is 7.96. The van der Waals surface area contributed by atoms with Crippen LogP contribution in [0.1, 0.15) is 32.8 Å². The Morgan fingerprint density at radius 3 is 2.34 bits per heavy atom. The molecule has 8 nitrogen and oxygen atoms in total. The summed E-state index contributed by atoms with van der Waals surface area (Å²) in [4.78, 5) is 14.2. The van der Waals surface area contributed by atoms with E-state index in [2.05, 4.69) is 5.23 Å². The fourth-order valence-corrected chi connectivity index (χ4v) is 3.11. The van der Waals surface area contributed by atoms with Crippen molar-refractivity contribution in [1.82, 2.24) is 5.23 Å². The highest BCUT2D eigenvalue weighted by atomic mass is 16.6. The van der Waals surface area contributed by atoms with Gasteiger partial charge in [-0.3, -0.25) is 4.79 Å². The molecule has 29 heavy (non-hydrogen) atoms. The molecule has 1 aromatic carbocycles. The van der Waals surface area contributed by atoms with Gasteiger partial charge >= 0.3 is 13.0 Å². The largest absolute Gasteiger partial charge is 0.496 e. The highest BCUT2D eigenvalue weighted by Crippen LogP contribution is 2.27. The molecule has 0 aliphatic heterocycles. The minimum absolute atomic E-state index is 0.0355. The SMILES string of the molecule is COc1ccc(N(CCO)CCO)cc1C[C@@H](CC(=O)OC(C)(C)C)NB(C)O. The molecule has 0 bridgehead atoms. The van der Waals surface area contributed by atoms with E-state index in [1.807, 2.05) is 43.9 Å². The molecule has 1 rings (SSSR count). The predicted molar refractivity (Wildman–Crippen MR) is 114 cm³/mol. The van der Waals surface area contributed by atoms with Crippen LogP contribution in [0.3, 0.4) is 0 Å². The van der Waals surface area contributed by atoms with Gasteiger partial charge in [-0.15, -0.1) is 0 Å². The molecule has 1 aromatic rings. The topological polar surface area (TPSA) is 111 Å². The number of nitrogens with one attached hydrogen (secondary N) is 1. The van der Waals surface area contributed by atoms with E-state index >= 15 is 0 Å². The van der Waals surface area contributed by atoms with Crippen LogP contribution in [0.5, 0.6) is 5.75 Å². The Kier molecular flexibility index (Phi) is 10.5. The summed E-state index contributed by atoms with van der Waals surface area (Å²) in [6.07, 6.45) is 0.514. The maximum atomic E-state index is 12.3.